The minimum Gasteiger partial charge on any atom is -0.322 e. The molecule has 0 bridgehead atoms. The standard InChI is InChI=1S/C18H24F2N2O/c19-14-6-9-17(16(20)10-14)21-18(23)12-22(15-7-8-15)11-13-4-2-1-3-5-13/h6,9-10,13,15H,1-5,7-8,11-12H2,(H,21,23). The SMILES string of the molecule is O=C(CN(CC1CCCCC1)C1CC1)Nc1ccc(F)cc1F. The van der Waals surface area contributed by atoms with Crippen LogP contribution in [0.5, 0.6) is 0 Å². The Hall–Kier alpha value is -1.49. The molecule has 126 valence electrons. The Morgan fingerprint density at radius 3 is 2.52 bits per heavy atom. The van der Waals surface area contributed by atoms with E-state index in [0.29, 0.717) is 12.0 Å². The number of carbonyl (C=O) groups excluding carboxylic acids is 1. The highest BCUT2D eigenvalue weighted by Crippen LogP contribution is 2.31. The highest BCUT2D eigenvalue weighted by Gasteiger charge is 2.32. The van der Waals surface area contributed by atoms with Gasteiger partial charge in [-0.05, 0) is 43.7 Å². The fraction of sp³-hybridized carbons (Fsp3) is 0.611. The zero-order chi connectivity index (χ0) is 16.2. The molecule has 0 aromatic heterocycles. The van der Waals surface area contributed by atoms with E-state index in [9.17, 15) is 13.6 Å². The molecule has 1 N–H and O–H groups in total. The molecule has 1 amide bonds. The molecule has 5 heteroatoms. The molecule has 2 saturated carbocycles. The van der Waals surface area contributed by atoms with Gasteiger partial charge in [-0.1, -0.05) is 19.3 Å². The summed E-state index contributed by atoms with van der Waals surface area (Å²) < 4.78 is 26.5. The van der Waals surface area contributed by atoms with Crippen LogP contribution in [0.25, 0.3) is 0 Å². The smallest absolute Gasteiger partial charge is 0.238 e. The highest BCUT2D eigenvalue weighted by molar-refractivity contribution is 5.92. The maximum Gasteiger partial charge on any atom is 0.238 e. The van der Waals surface area contributed by atoms with E-state index in [1.54, 1.807) is 0 Å². The van der Waals surface area contributed by atoms with E-state index in [4.69, 9.17) is 0 Å². The number of nitrogens with zero attached hydrogens (tertiary/aromatic N) is 1. The van der Waals surface area contributed by atoms with Crippen LogP contribution in [0.15, 0.2) is 18.2 Å². The number of hydrogen-bond acceptors (Lipinski definition) is 2. The Kier molecular flexibility index (Phi) is 5.26. The summed E-state index contributed by atoms with van der Waals surface area (Å²) in [5, 5.41) is 2.57. The Balaban J connectivity index is 1.55. The summed E-state index contributed by atoms with van der Waals surface area (Å²) in [5.41, 5.74) is 0.0461. The quantitative estimate of drug-likeness (QED) is 0.860. The Labute approximate surface area is 136 Å². The first kappa shape index (κ1) is 16.4. The Morgan fingerprint density at radius 1 is 1.13 bits per heavy atom. The van der Waals surface area contributed by atoms with Crippen LogP contribution in [0.2, 0.25) is 0 Å². The average Bonchev–Trinajstić information content (AvgIpc) is 3.35. The predicted molar refractivity (Wildman–Crippen MR) is 86.2 cm³/mol. The molecule has 2 aliphatic rings. The molecule has 0 heterocycles. The third kappa shape index (κ3) is 4.74. The lowest BCUT2D eigenvalue weighted by Gasteiger charge is -2.29. The molecular formula is C18H24F2N2O. The van der Waals surface area contributed by atoms with Crippen LogP contribution in [0.1, 0.15) is 44.9 Å². The second kappa shape index (κ2) is 7.39. The van der Waals surface area contributed by atoms with Crippen molar-refractivity contribution in [3.8, 4) is 0 Å². The van der Waals surface area contributed by atoms with Gasteiger partial charge < -0.3 is 5.32 Å². The minimum absolute atomic E-state index is 0.0461. The van der Waals surface area contributed by atoms with Gasteiger partial charge in [0.2, 0.25) is 5.91 Å². The van der Waals surface area contributed by atoms with Crippen LogP contribution in [0.4, 0.5) is 14.5 Å². The first-order valence-electron chi connectivity index (χ1n) is 8.61. The number of nitrogens with one attached hydrogen (secondary N) is 1. The lowest BCUT2D eigenvalue weighted by atomic mass is 9.89. The van der Waals surface area contributed by atoms with Gasteiger partial charge >= 0.3 is 0 Å². The summed E-state index contributed by atoms with van der Waals surface area (Å²) in [4.78, 5) is 14.5. The summed E-state index contributed by atoms with van der Waals surface area (Å²) in [6, 6.07) is 3.71. The number of carbonyl (C=O) groups is 1. The van der Waals surface area contributed by atoms with Gasteiger partial charge in [0, 0.05) is 18.7 Å². The third-order valence-corrected chi connectivity index (χ3v) is 4.83. The molecule has 0 spiro atoms. The zero-order valence-electron chi connectivity index (χ0n) is 13.4. The van der Waals surface area contributed by atoms with Crippen molar-refractivity contribution in [1.29, 1.82) is 0 Å². The summed E-state index contributed by atoms with van der Waals surface area (Å²) in [6.45, 7) is 1.25. The first-order valence-corrected chi connectivity index (χ1v) is 8.61. The van der Waals surface area contributed by atoms with Crippen molar-refractivity contribution in [3.63, 3.8) is 0 Å². The molecule has 0 unspecified atom stereocenters. The summed E-state index contributed by atoms with van der Waals surface area (Å²) in [7, 11) is 0. The van der Waals surface area contributed by atoms with Gasteiger partial charge in [-0.15, -0.1) is 0 Å². The number of halogens is 2. The fourth-order valence-electron chi connectivity index (χ4n) is 3.45. The van der Waals surface area contributed by atoms with Gasteiger partial charge in [-0.2, -0.15) is 0 Å². The second-order valence-corrected chi connectivity index (χ2v) is 6.84. The fourth-order valence-corrected chi connectivity index (χ4v) is 3.45. The number of rotatable bonds is 6. The molecule has 1 aromatic rings. The average molecular weight is 322 g/mol. The van der Waals surface area contributed by atoms with Gasteiger partial charge in [0.25, 0.3) is 0 Å². The van der Waals surface area contributed by atoms with Crippen LogP contribution < -0.4 is 5.32 Å². The van der Waals surface area contributed by atoms with Crippen molar-refractivity contribution < 1.29 is 13.6 Å². The molecule has 3 rings (SSSR count). The predicted octanol–water partition coefficient (Wildman–Crippen LogP) is 3.95. The normalized spacial score (nSPS) is 19.1. The van der Waals surface area contributed by atoms with Gasteiger partial charge in [0.1, 0.15) is 11.6 Å². The molecule has 1 aromatic carbocycles. The zero-order valence-corrected chi connectivity index (χ0v) is 13.4. The van der Waals surface area contributed by atoms with E-state index in [1.165, 1.54) is 38.2 Å². The Morgan fingerprint density at radius 2 is 1.87 bits per heavy atom. The third-order valence-electron chi connectivity index (χ3n) is 4.83. The van der Waals surface area contributed by atoms with E-state index in [0.717, 1.165) is 31.5 Å². The number of hydrogen-bond donors (Lipinski definition) is 1. The van der Waals surface area contributed by atoms with Crippen molar-refractivity contribution in [3.05, 3.63) is 29.8 Å². The van der Waals surface area contributed by atoms with E-state index in [-0.39, 0.29) is 18.1 Å². The summed E-state index contributed by atoms with van der Waals surface area (Å²) in [5.74, 6) is -0.918. The Bertz CT molecular complexity index is 554. The monoisotopic (exact) mass is 322 g/mol. The lowest BCUT2D eigenvalue weighted by molar-refractivity contribution is -0.117. The van der Waals surface area contributed by atoms with Crippen LogP contribution in [-0.2, 0) is 4.79 Å². The van der Waals surface area contributed by atoms with E-state index in [2.05, 4.69) is 10.2 Å². The number of amides is 1. The first-order chi connectivity index (χ1) is 11.1. The van der Waals surface area contributed by atoms with Gasteiger partial charge in [0.05, 0.1) is 12.2 Å². The minimum atomic E-state index is -0.733. The molecular weight excluding hydrogens is 298 g/mol. The van der Waals surface area contributed by atoms with Gasteiger partial charge in [0.15, 0.2) is 0 Å². The molecule has 23 heavy (non-hydrogen) atoms. The molecule has 2 fully saturated rings. The molecule has 2 aliphatic carbocycles. The highest BCUT2D eigenvalue weighted by atomic mass is 19.1. The number of anilines is 1. The van der Waals surface area contributed by atoms with Crippen LogP contribution in [-0.4, -0.2) is 29.9 Å². The van der Waals surface area contributed by atoms with Crippen LogP contribution >= 0.6 is 0 Å². The van der Waals surface area contributed by atoms with E-state index >= 15 is 0 Å². The molecule has 3 nitrogen and oxygen atoms in total. The van der Waals surface area contributed by atoms with Gasteiger partial charge in [-0.25, -0.2) is 8.78 Å². The van der Waals surface area contributed by atoms with Crippen LogP contribution in [0.3, 0.4) is 0 Å². The second-order valence-electron chi connectivity index (χ2n) is 6.84. The number of benzene rings is 1. The largest absolute Gasteiger partial charge is 0.322 e. The topological polar surface area (TPSA) is 32.3 Å². The molecule has 0 aliphatic heterocycles. The van der Waals surface area contributed by atoms with Crippen molar-refractivity contribution in [2.75, 3.05) is 18.4 Å². The van der Waals surface area contributed by atoms with Crippen molar-refractivity contribution in [2.24, 2.45) is 5.92 Å². The maximum atomic E-state index is 13.6. The van der Waals surface area contributed by atoms with Crippen molar-refractivity contribution >= 4 is 11.6 Å². The lowest BCUT2D eigenvalue weighted by Crippen LogP contribution is -2.38. The molecule has 0 saturated heterocycles. The molecule has 0 radical (unpaired) electrons. The van der Waals surface area contributed by atoms with E-state index in [1.807, 2.05) is 0 Å². The van der Waals surface area contributed by atoms with Crippen molar-refractivity contribution in [2.45, 2.75) is 51.0 Å². The van der Waals surface area contributed by atoms with Crippen molar-refractivity contribution in [1.82, 2.24) is 4.90 Å². The van der Waals surface area contributed by atoms with Crippen LogP contribution in [0, 0.1) is 17.6 Å². The van der Waals surface area contributed by atoms with E-state index < -0.39 is 11.6 Å². The molecule has 0 atom stereocenters. The summed E-state index contributed by atoms with van der Waals surface area (Å²) in [6.07, 6.45) is 8.68. The summed E-state index contributed by atoms with van der Waals surface area (Å²) >= 11 is 0. The maximum absolute atomic E-state index is 13.6. The van der Waals surface area contributed by atoms with Gasteiger partial charge in [-0.3, -0.25) is 9.69 Å².